The molecule has 11 heteroatoms. The molecule has 0 spiro atoms. The van der Waals surface area contributed by atoms with Gasteiger partial charge < -0.3 is 10.5 Å². The van der Waals surface area contributed by atoms with Gasteiger partial charge in [0.15, 0.2) is 17.6 Å². The summed E-state index contributed by atoms with van der Waals surface area (Å²) in [5.74, 6) is -0.0416. The van der Waals surface area contributed by atoms with Gasteiger partial charge in [0.25, 0.3) is 0 Å². The van der Waals surface area contributed by atoms with Crippen LogP contribution in [-0.4, -0.2) is 48.3 Å². The first-order valence-electron chi connectivity index (χ1n) is 11.8. The average molecular weight is 554 g/mol. The fourth-order valence-corrected chi connectivity index (χ4v) is 5.28. The number of ether oxygens (including phenoxy) is 1. The number of carbonyl (C=O) groups is 1. The van der Waals surface area contributed by atoms with E-state index in [-0.39, 0.29) is 18.4 Å². The maximum atomic E-state index is 14.5. The van der Waals surface area contributed by atoms with Crippen LogP contribution in [0.3, 0.4) is 0 Å². The summed E-state index contributed by atoms with van der Waals surface area (Å²) >= 11 is 3.60. The van der Waals surface area contributed by atoms with Gasteiger partial charge in [-0.2, -0.15) is 9.61 Å². The second-order valence-electron chi connectivity index (χ2n) is 8.76. The first kappa shape index (κ1) is 24.2. The van der Waals surface area contributed by atoms with E-state index in [0.29, 0.717) is 53.1 Å². The van der Waals surface area contributed by atoms with Crippen LogP contribution >= 0.6 is 15.9 Å². The summed E-state index contributed by atoms with van der Waals surface area (Å²) in [6.07, 6.45) is 7.75. The van der Waals surface area contributed by atoms with Gasteiger partial charge in [-0.05, 0) is 60.7 Å². The number of fused-ring (bicyclic) bond motifs is 1. The lowest BCUT2D eigenvalue weighted by atomic mass is 9.78. The highest BCUT2D eigenvalue weighted by Crippen LogP contribution is 2.42. The number of hydrogen-bond donors (Lipinski definition) is 1. The number of carbonyl (C=O) groups excluding carboxylic acids is 1. The molecule has 0 aliphatic heterocycles. The Morgan fingerprint density at radius 1 is 1.19 bits per heavy atom. The van der Waals surface area contributed by atoms with Gasteiger partial charge in [-0.15, -0.1) is 0 Å². The van der Waals surface area contributed by atoms with E-state index in [1.165, 1.54) is 0 Å². The Bertz CT molecular complexity index is 1370. The quantitative estimate of drug-likeness (QED) is 0.339. The van der Waals surface area contributed by atoms with Crippen LogP contribution in [-0.2, 0) is 9.53 Å². The van der Waals surface area contributed by atoms with Crippen LogP contribution in [0, 0.1) is 5.92 Å². The van der Waals surface area contributed by atoms with Crippen LogP contribution in [0.1, 0.15) is 44.2 Å². The van der Waals surface area contributed by atoms with Crippen LogP contribution < -0.4 is 5.73 Å². The number of anilines is 1. The molecule has 2 N–H and O–H groups in total. The largest absolute Gasteiger partial charge is 0.464 e. The lowest BCUT2D eigenvalue weighted by molar-refractivity contribution is -0.151. The monoisotopic (exact) mass is 553 g/mol. The van der Waals surface area contributed by atoms with Crippen molar-refractivity contribution in [3.05, 3.63) is 53.2 Å². The normalized spacial score (nSPS) is 18.8. The minimum absolute atomic E-state index is 0.0794. The first-order valence-corrected chi connectivity index (χ1v) is 12.6. The number of nitrogens with zero attached hydrogens (tertiary/aromatic N) is 6. The third-order valence-corrected chi connectivity index (χ3v) is 7.41. The van der Waals surface area contributed by atoms with Crippen molar-refractivity contribution in [1.82, 2.24) is 29.5 Å². The number of pyridine rings is 1. The SMILES string of the molecule is CCOC(=O)C(F)C1CCC(c2nc3c(-c4ccc(-c5ncccn5)nc4)cnn3c(N)c2Br)CC1. The molecule has 1 unspecified atom stereocenters. The smallest absolute Gasteiger partial charge is 0.341 e. The van der Waals surface area contributed by atoms with Crippen molar-refractivity contribution in [2.45, 2.75) is 44.7 Å². The predicted molar refractivity (Wildman–Crippen MR) is 136 cm³/mol. The summed E-state index contributed by atoms with van der Waals surface area (Å²) in [6, 6.07) is 5.54. The molecule has 1 atom stereocenters. The second kappa shape index (κ2) is 10.3. The Hall–Kier alpha value is -3.47. The molecule has 5 rings (SSSR count). The van der Waals surface area contributed by atoms with Crippen molar-refractivity contribution in [1.29, 1.82) is 0 Å². The van der Waals surface area contributed by atoms with Crippen LogP contribution in [0.25, 0.3) is 28.3 Å². The molecule has 1 aliphatic rings. The summed E-state index contributed by atoms with van der Waals surface area (Å²) in [6.45, 7) is 1.86. The van der Waals surface area contributed by atoms with Gasteiger partial charge in [0.2, 0.25) is 0 Å². The number of alkyl halides is 1. The Balaban J connectivity index is 1.41. The van der Waals surface area contributed by atoms with Gasteiger partial charge in [-0.25, -0.2) is 24.1 Å². The van der Waals surface area contributed by atoms with Crippen LogP contribution in [0.15, 0.2) is 47.5 Å². The molecule has 4 aromatic heterocycles. The highest BCUT2D eigenvalue weighted by molar-refractivity contribution is 9.10. The molecule has 0 saturated heterocycles. The summed E-state index contributed by atoms with van der Waals surface area (Å²) in [7, 11) is 0. The minimum atomic E-state index is -1.59. The van der Waals surface area contributed by atoms with E-state index in [2.05, 4.69) is 36.0 Å². The van der Waals surface area contributed by atoms with Crippen molar-refractivity contribution in [2.75, 3.05) is 12.3 Å². The number of nitrogens with two attached hydrogens (primary N) is 1. The number of esters is 1. The van der Waals surface area contributed by atoms with Gasteiger partial charge in [-0.3, -0.25) is 4.98 Å². The fraction of sp³-hybridized carbons (Fsp3) is 0.360. The van der Waals surface area contributed by atoms with Gasteiger partial charge >= 0.3 is 5.97 Å². The molecule has 36 heavy (non-hydrogen) atoms. The summed E-state index contributed by atoms with van der Waals surface area (Å²) in [5, 5.41) is 4.44. The van der Waals surface area contributed by atoms with Crippen molar-refractivity contribution in [3.8, 4) is 22.6 Å². The molecule has 4 heterocycles. The maximum Gasteiger partial charge on any atom is 0.341 e. The molecule has 0 aromatic carbocycles. The van der Waals surface area contributed by atoms with Gasteiger partial charge in [0, 0.05) is 41.6 Å². The van der Waals surface area contributed by atoms with E-state index in [9.17, 15) is 9.18 Å². The van der Waals surface area contributed by atoms with E-state index in [1.807, 2.05) is 12.1 Å². The molecule has 186 valence electrons. The van der Waals surface area contributed by atoms with E-state index in [1.54, 1.807) is 42.3 Å². The van der Waals surface area contributed by atoms with Gasteiger partial charge in [-0.1, -0.05) is 6.07 Å². The summed E-state index contributed by atoms with van der Waals surface area (Å²) < 4.78 is 21.7. The van der Waals surface area contributed by atoms with Gasteiger partial charge in [0.1, 0.15) is 11.5 Å². The third kappa shape index (κ3) is 4.55. The minimum Gasteiger partial charge on any atom is -0.464 e. The standard InChI is InChI=1S/C25H25BrFN7O2/c1-2-36-25(35)20(27)14-4-6-15(7-5-14)21-19(26)22(28)34-24(33-21)17(13-32-34)16-8-9-18(31-12-16)23-29-10-3-11-30-23/h3,8-15,20H,2,4-7,28H2,1H3. The number of nitrogen functional groups attached to an aromatic ring is 1. The summed E-state index contributed by atoms with van der Waals surface area (Å²) in [5.41, 5.74) is 10.2. The highest BCUT2D eigenvalue weighted by Gasteiger charge is 2.35. The molecule has 0 radical (unpaired) electrons. The molecule has 1 aliphatic carbocycles. The van der Waals surface area contributed by atoms with Crippen LogP contribution in [0.4, 0.5) is 10.2 Å². The Morgan fingerprint density at radius 3 is 2.61 bits per heavy atom. The second-order valence-corrected chi connectivity index (χ2v) is 9.55. The molecule has 1 saturated carbocycles. The van der Waals surface area contributed by atoms with Crippen molar-refractivity contribution in [3.63, 3.8) is 0 Å². The molecular formula is C25H25BrFN7O2. The lowest BCUT2D eigenvalue weighted by Gasteiger charge is -2.30. The fourth-order valence-electron chi connectivity index (χ4n) is 4.70. The van der Waals surface area contributed by atoms with Crippen molar-refractivity contribution >= 4 is 33.4 Å². The molecule has 9 nitrogen and oxygen atoms in total. The molecule has 4 aromatic rings. The molecular weight excluding hydrogens is 529 g/mol. The highest BCUT2D eigenvalue weighted by atomic mass is 79.9. The molecule has 0 bridgehead atoms. The number of aromatic nitrogens is 6. The zero-order valence-electron chi connectivity index (χ0n) is 19.6. The van der Waals surface area contributed by atoms with E-state index >= 15 is 0 Å². The van der Waals surface area contributed by atoms with Crippen LogP contribution in [0.5, 0.6) is 0 Å². The molecule has 1 fully saturated rings. The van der Waals surface area contributed by atoms with Crippen molar-refractivity contribution in [2.24, 2.45) is 5.92 Å². The third-order valence-electron chi connectivity index (χ3n) is 6.60. The molecule has 0 amide bonds. The van der Waals surface area contributed by atoms with E-state index in [0.717, 1.165) is 16.8 Å². The zero-order valence-corrected chi connectivity index (χ0v) is 21.2. The topological polar surface area (TPSA) is 121 Å². The Morgan fingerprint density at radius 2 is 1.94 bits per heavy atom. The Labute approximate surface area is 215 Å². The van der Waals surface area contributed by atoms with Gasteiger partial charge in [0.05, 0.1) is 23.0 Å². The number of hydrogen-bond acceptors (Lipinski definition) is 8. The predicted octanol–water partition coefficient (Wildman–Crippen LogP) is 4.77. The maximum absolute atomic E-state index is 14.5. The summed E-state index contributed by atoms with van der Waals surface area (Å²) in [4.78, 5) is 29.8. The number of halogens is 2. The van der Waals surface area contributed by atoms with Crippen LogP contribution in [0.2, 0.25) is 0 Å². The average Bonchev–Trinajstić information content (AvgIpc) is 3.35. The number of rotatable bonds is 6. The zero-order chi connectivity index (χ0) is 25.2. The first-order chi connectivity index (χ1) is 17.5. The van der Waals surface area contributed by atoms with Crippen molar-refractivity contribution < 1.29 is 13.9 Å². The lowest BCUT2D eigenvalue weighted by Crippen LogP contribution is -2.30. The Kier molecular flexibility index (Phi) is 6.90. The van der Waals surface area contributed by atoms with E-state index in [4.69, 9.17) is 15.5 Å². The van der Waals surface area contributed by atoms with E-state index < -0.39 is 12.1 Å².